The van der Waals surface area contributed by atoms with E-state index in [1.54, 1.807) is 0 Å². The smallest absolute Gasteiger partial charge is 0.121 e. The van der Waals surface area contributed by atoms with E-state index in [1.807, 2.05) is 0 Å². The fraction of sp³-hybridized carbons (Fsp3) is 0.929. The molecular formula is C14H23N3. The van der Waals surface area contributed by atoms with Crippen LogP contribution >= 0.6 is 0 Å². The zero-order valence-electron chi connectivity index (χ0n) is 10.6. The molecule has 1 heterocycles. The van der Waals surface area contributed by atoms with Gasteiger partial charge >= 0.3 is 0 Å². The van der Waals surface area contributed by atoms with Crippen LogP contribution < -0.4 is 5.32 Å². The molecule has 3 aliphatic rings. The fourth-order valence-corrected chi connectivity index (χ4v) is 3.47. The second kappa shape index (κ2) is 4.59. The number of nitrogens with one attached hydrogen (secondary N) is 1. The van der Waals surface area contributed by atoms with Crippen molar-refractivity contribution in [2.75, 3.05) is 13.1 Å². The Morgan fingerprint density at radius 2 is 1.88 bits per heavy atom. The van der Waals surface area contributed by atoms with Crippen molar-refractivity contribution in [2.45, 2.75) is 69.0 Å². The van der Waals surface area contributed by atoms with Crippen molar-refractivity contribution in [1.82, 2.24) is 10.2 Å². The Morgan fingerprint density at radius 1 is 1.12 bits per heavy atom. The van der Waals surface area contributed by atoms with Gasteiger partial charge in [-0.1, -0.05) is 19.3 Å². The molecule has 0 spiro atoms. The molecule has 0 aromatic rings. The van der Waals surface area contributed by atoms with Crippen molar-refractivity contribution in [3.63, 3.8) is 0 Å². The molecule has 1 saturated heterocycles. The lowest BCUT2D eigenvalue weighted by atomic mass is 9.91. The van der Waals surface area contributed by atoms with Crippen LogP contribution in [-0.2, 0) is 0 Å². The maximum Gasteiger partial charge on any atom is 0.121 e. The summed E-state index contributed by atoms with van der Waals surface area (Å²) in [6.45, 7) is 2.09. The summed E-state index contributed by atoms with van der Waals surface area (Å²) in [5.41, 5.74) is -0.232. The Labute approximate surface area is 104 Å². The van der Waals surface area contributed by atoms with Crippen molar-refractivity contribution in [2.24, 2.45) is 0 Å². The minimum atomic E-state index is -0.232. The molecular weight excluding hydrogens is 210 g/mol. The van der Waals surface area contributed by atoms with Gasteiger partial charge in [-0.05, 0) is 32.1 Å². The number of hydrogen-bond acceptors (Lipinski definition) is 3. The van der Waals surface area contributed by atoms with Gasteiger partial charge in [-0.3, -0.25) is 10.2 Å². The number of likely N-dealkylation sites (tertiary alicyclic amines) is 1. The van der Waals surface area contributed by atoms with Gasteiger partial charge < -0.3 is 0 Å². The molecule has 1 aliphatic heterocycles. The molecule has 2 aliphatic carbocycles. The highest BCUT2D eigenvalue weighted by molar-refractivity contribution is 5.15. The van der Waals surface area contributed by atoms with Crippen molar-refractivity contribution >= 4 is 0 Å². The molecule has 0 aromatic carbocycles. The molecule has 0 bridgehead atoms. The molecule has 1 N–H and O–H groups in total. The van der Waals surface area contributed by atoms with Gasteiger partial charge in [0.15, 0.2) is 0 Å². The van der Waals surface area contributed by atoms with Crippen LogP contribution in [0.5, 0.6) is 0 Å². The number of nitrogens with zero attached hydrogens (tertiary/aromatic N) is 2. The minimum Gasteiger partial charge on any atom is -0.297 e. The molecule has 0 amide bonds. The van der Waals surface area contributed by atoms with Crippen LogP contribution in [0.25, 0.3) is 0 Å². The highest BCUT2D eigenvalue weighted by Crippen LogP contribution is 2.34. The summed E-state index contributed by atoms with van der Waals surface area (Å²) >= 11 is 0. The third-order valence-corrected chi connectivity index (χ3v) is 4.66. The Balaban J connectivity index is 1.60. The normalized spacial score (nSPS) is 35.9. The van der Waals surface area contributed by atoms with Gasteiger partial charge in [0.05, 0.1) is 6.07 Å². The summed E-state index contributed by atoms with van der Waals surface area (Å²) in [4.78, 5) is 2.53. The van der Waals surface area contributed by atoms with E-state index < -0.39 is 0 Å². The first-order chi connectivity index (χ1) is 8.31. The highest BCUT2D eigenvalue weighted by atomic mass is 15.3. The Kier molecular flexibility index (Phi) is 3.10. The van der Waals surface area contributed by atoms with Crippen molar-refractivity contribution in [3.8, 4) is 6.07 Å². The van der Waals surface area contributed by atoms with Gasteiger partial charge in [0, 0.05) is 25.2 Å². The second-order valence-corrected chi connectivity index (χ2v) is 6.12. The quantitative estimate of drug-likeness (QED) is 0.811. The van der Waals surface area contributed by atoms with E-state index in [1.165, 1.54) is 44.9 Å². The molecule has 94 valence electrons. The SMILES string of the molecule is N#CC1(NC2CCCCC2)CCN(C2CC2)C1. The first kappa shape index (κ1) is 11.5. The molecule has 3 nitrogen and oxygen atoms in total. The monoisotopic (exact) mass is 233 g/mol. The van der Waals surface area contributed by atoms with E-state index >= 15 is 0 Å². The van der Waals surface area contributed by atoms with Crippen LogP contribution in [0.1, 0.15) is 51.4 Å². The first-order valence-corrected chi connectivity index (χ1v) is 7.24. The van der Waals surface area contributed by atoms with Crippen LogP contribution in [-0.4, -0.2) is 35.6 Å². The Hall–Kier alpha value is -0.590. The maximum atomic E-state index is 9.53. The van der Waals surface area contributed by atoms with E-state index in [0.717, 1.165) is 25.6 Å². The third kappa shape index (κ3) is 2.48. The van der Waals surface area contributed by atoms with E-state index in [4.69, 9.17) is 0 Å². The van der Waals surface area contributed by atoms with Crippen LogP contribution in [0, 0.1) is 11.3 Å². The van der Waals surface area contributed by atoms with E-state index in [2.05, 4.69) is 16.3 Å². The number of rotatable bonds is 3. The van der Waals surface area contributed by atoms with Gasteiger partial charge in [-0.25, -0.2) is 0 Å². The molecule has 3 rings (SSSR count). The topological polar surface area (TPSA) is 39.1 Å². The average molecular weight is 233 g/mol. The third-order valence-electron chi connectivity index (χ3n) is 4.66. The minimum absolute atomic E-state index is 0.232. The van der Waals surface area contributed by atoms with Crippen molar-refractivity contribution in [3.05, 3.63) is 0 Å². The number of nitriles is 1. The standard InChI is InChI=1S/C14H23N3/c15-10-14(16-12-4-2-1-3-5-12)8-9-17(11-14)13-6-7-13/h12-13,16H,1-9,11H2. The molecule has 3 fully saturated rings. The van der Waals surface area contributed by atoms with Gasteiger partial charge in [0.2, 0.25) is 0 Å². The average Bonchev–Trinajstić information content (AvgIpc) is 3.14. The molecule has 1 unspecified atom stereocenters. The summed E-state index contributed by atoms with van der Waals surface area (Å²) in [6.07, 6.45) is 10.3. The highest BCUT2D eigenvalue weighted by Gasteiger charge is 2.44. The largest absolute Gasteiger partial charge is 0.297 e. The van der Waals surface area contributed by atoms with Crippen LogP contribution in [0.3, 0.4) is 0 Å². The summed E-state index contributed by atoms with van der Waals surface area (Å²) in [5, 5.41) is 13.2. The maximum absolute atomic E-state index is 9.53. The van der Waals surface area contributed by atoms with Crippen LogP contribution in [0.2, 0.25) is 0 Å². The van der Waals surface area contributed by atoms with Gasteiger partial charge in [0.25, 0.3) is 0 Å². The van der Waals surface area contributed by atoms with Crippen LogP contribution in [0.15, 0.2) is 0 Å². The summed E-state index contributed by atoms with van der Waals surface area (Å²) in [6, 6.07) is 3.99. The van der Waals surface area contributed by atoms with Gasteiger partial charge in [-0.15, -0.1) is 0 Å². The summed E-state index contributed by atoms with van der Waals surface area (Å²) in [5.74, 6) is 0. The molecule has 17 heavy (non-hydrogen) atoms. The Bertz CT molecular complexity index is 312. The van der Waals surface area contributed by atoms with Crippen LogP contribution in [0.4, 0.5) is 0 Å². The summed E-state index contributed by atoms with van der Waals surface area (Å²) < 4.78 is 0. The van der Waals surface area contributed by atoms with E-state index in [-0.39, 0.29) is 5.54 Å². The molecule has 3 heteroatoms. The van der Waals surface area contributed by atoms with Crippen molar-refractivity contribution in [1.29, 1.82) is 5.26 Å². The van der Waals surface area contributed by atoms with Gasteiger partial charge in [0.1, 0.15) is 5.54 Å². The van der Waals surface area contributed by atoms with Crippen molar-refractivity contribution < 1.29 is 0 Å². The Morgan fingerprint density at radius 3 is 2.53 bits per heavy atom. The lowest BCUT2D eigenvalue weighted by Gasteiger charge is -2.31. The zero-order valence-corrected chi connectivity index (χ0v) is 10.6. The second-order valence-electron chi connectivity index (χ2n) is 6.12. The van der Waals surface area contributed by atoms with Gasteiger partial charge in [-0.2, -0.15) is 5.26 Å². The molecule has 0 aromatic heterocycles. The predicted molar refractivity (Wildman–Crippen MR) is 67.6 cm³/mol. The predicted octanol–water partition coefficient (Wildman–Crippen LogP) is 2.04. The van der Waals surface area contributed by atoms with E-state index in [0.29, 0.717) is 6.04 Å². The van der Waals surface area contributed by atoms with E-state index in [9.17, 15) is 5.26 Å². The fourth-order valence-electron chi connectivity index (χ4n) is 3.47. The molecule has 1 atom stereocenters. The molecule has 2 saturated carbocycles. The summed E-state index contributed by atoms with van der Waals surface area (Å²) in [7, 11) is 0. The molecule has 0 radical (unpaired) electrons. The lowest BCUT2D eigenvalue weighted by Crippen LogP contribution is -2.51. The lowest BCUT2D eigenvalue weighted by molar-refractivity contribution is 0.267. The number of hydrogen-bond donors (Lipinski definition) is 1. The zero-order chi connectivity index (χ0) is 11.7. The first-order valence-electron chi connectivity index (χ1n) is 7.24.